The summed E-state index contributed by atoms with van der Waals surface area (Å²) < 4.78 is 28.4. The van der Waals surface area contributed by atoms with Crippen molar-refractivity contribution in [2.45, 2.75) is 169 Å². The van der Waals surface area contributed by atoms with E-state index in [0.717, 1.165) is 0 Å². The summed E-state index contributed by atoms with van der Waals surface area (Å²) in [6, 6.07) is 7.41. The monoisotopic (exact) mass is 610 g/mol. The van der Waals surface area contributed by atoms with E-state index in [1.807, 2.05) is 0 Å². The van der Waals surface area contributed by atoms with E-state index in [4.69, 9.17) is 10.6 Å². The van der Waals surface area contributed by atoms with E-state index in [-0.39, 0.29) is 0 Å². The molecule has 0 aliphatic heterocycles. The number of rotatable bonds is 26. The molecule has 4 nitrogen and oxygen atoms in total. The van der Waals surface area contributed by atoms with Gasteiger partial charge in [0.15, 0.2) is 0 Å². The molecule has 212 valence electrons. The van der Waals surface area contributed by atoms with Crippen molar-refractivity contribution in [3.8, 4) is 0 Å². The van der Waals surface area contributed by atoms with Gasteiger partial charge in [-0.3, -0.25) is 0 Å². The molecule has 35 heavy (non-hydrogen) atoms. The number of unbranched alkanes of at least 4 members (excludes halogenated alkanes) is 6. The molecule has 0 N–H and O–H groups in total. The van der Waals surface area contributed by atoms with Gasteiger partial charge < -0.3 is 0 Å². The standard InChI is InChI=1S/2C12H27OSi.2C2H5O.Zr/c2*1-4-7-10-14(13,11-8-5-2)12-9-6-3;2*1-2-3;/h2*4-12H2,1-3H3;2*2H2,1H3;/q4*-1;+4. The predicted molar refractivity (Wildman–Crippen MR) is 155 cm³/mol. The Labute approximate surface area is 230 Å². The third kappa shape index (κ3) is 14.8. The molecule has 0 aromatic rings. The molecule has 0 rings (SSSR count). The summed E-state index contributed by atoms with van der Waals surface area (Å²) in [7, 11) is -4.04. The second-order valence-corrected chi connectivity index (χ2v) is 25.6. The van der Waals surface area contributed by atoms with E-state index in [0.29, 0.717) is 13.2 Å². The predicted octanol–water partition coefficient (Wildman–Crippen LogP) is 10.6. The van der Waals surface area contributed by atoms with Gasteiger partial charge in [-0.1, -0.05) is 0 Å². The summed E-state index contributed by atoms with van der Waals surface area (Å²) in [5.74, 6) is 0. The first kappa shape index (κ1) is 36.2. The fourth-order valence-corrected chi connectivity index (χ4v) is 31.6. The van der Waals surface area contributed by atoms with Gasteiger partial charge in [0.25, 0.3) is 0 Å². The molecule has 0 fully saturated rings. The van der Waals surface area contributed by atoms with E-state index >= 15 is 0 Å². The fourth-order valence-electron chi connectivity index (χ4n) is 5.11. The van der Waals surface area contributed by atoms with Gasteiger partial charge in [0.05, 0.1) is 0 Å². The summed E-state index contributed by atoms with van der Waals surface area (Å²) in [5.41, 5.74) is 0. The number of hydrogen-bond acceptors (Lipinski definition) is 4. The van der Waals surface area contributed by atoms with Gasteiger partial charge in [-0.2, -0.15) is 0 Å². The van der Waals surface area contributed by atoms with Crippen LogP contribution in [0.25, 0.3) is 0 Å². The second-order valence-electron chi connectivity index (χ2n) is 10.6. The molecule has 0 spiro atoms. The van der Waals surface area contributed by atoms with E-state index < -0.39 is 38.7 Å². The first-order valence-electron chi connectivity index (χ1n) is 15.6. The van der Waals surface area contributed by atoms with Crippen LogP contribution in [0.1, 0.15) is 132 Å². The Bertz CT molecular complexity index is 396. The van der Waals surface area contributed by atoms with Crippen LogP contribution in [0, 0.1) is 0 Å². The van der Waals surface area contributed by atoms with Crippen molar-refractivity contribution in [2.75, 3.05) is 13.2 Å². The maximum absolute atomic E-state index is 7.53. The Morgan fingerprint density at radius 2 is 0.629 bits per heavy atom. The molecule has 0 aliphatic carbocycles. The number of hydrogen-bond donors (Lipinski definition) is 0. The van der Waals surface area contributed by atoms with Crippen LogP contribution < -0.4 is 0 Å². The normalized spacial score (nSPS) is 13.0. The average molecular weight is 612 g/mol. The molecule has 0 bridgehead atoms. The Hall–Kier alpha value is 1.16. The summed E-state index contributed by atoms with van der Waals surface area (Å²) in [4.78, 5) is 0. The van der Waals surface area contributed by atoms with Gasteiger partial charge in [-0.15, -0.1) is 0 Å². The van der Waals surface area contributed by atoms with Crippen LogP contribution in [0.5, 0.6) is 0 Å². The van der Waals surface area contributed by atoms with Crippen molar-refractivity contribution in [3.63, 3.8) is 0 Å². The van der Waals surface area contributed by atoms with Gasteiger partial charge in [0, 0.05) is 0 Å². The van der Waals surface area contributed by atoms with Crippen molar-refractivity contribution in [1.29, 1.82) is 0 Å². The van der Waals surface area contributed by atoms with Crippen molar-refractivity contribution in [3.05, 3.63) is 0 Å². The SMILES string of the molecule is CCCC[Si](CCCC)(CCCC)[O][Zr]([O]CC)([O]CC)[O][Si](CCCC)(CCCC)CCCC. The third-order valence-corrected chi connectivity index (χ3v) is 29.4. The minimum atomic E-state index is -4.23. The molecule has 7 heteroatoms. The topological polar surface area (TPSA) is 36.9 Å². The summed E-state index contributed by atoms with van der Waals surface area (Å²) in [5, 5.41) is 0. The molecular weight excluding hydrogens is 548 g/mol. The first-order chi connectivity index (χ1) is 16.9. The Balaban J connectivity index is 6.47. The van der Waals surface area contributed by atoms with Gasteiger partial charge in [0.2, 0.25) is 0 Å². The van der Waals surface area contributed by atoms with Gasteiger partial charge in [0.1, 0.15) is 0 Å². The quantitative estimate of drug-likeness (QED) is 0.0912. The van der Waals surface area contributed by atoms with Crippen LogP contribution >= 0.6 is 0 Å². The fraction of sp³-hybridized carbons (Fsp3) is 1.00. The van der Waals surface area contributed by atoms with Gasteiger partial charge in [-0.25, -0.2) is 0 Å². The Kier molecular flexibility index (Phi) is 22.8. The van der Waals surface area contributed by atoms with Crippen molar-refractivity contribution >= 4 is 16.6 Å². The molecule has 0 aliphatic rings. The maximum atomic E-state index is 7.53. The van der Waals surface area contributed by atoms with Crippen LogP contribution in [-0.4, -0.2) is 29.8 Å². The Morgan fingerprint density at radius 1 is 0.400 bits per heavy atom. The summed E-state index contributed by atoms with van der Waals surface area (Å²) >= 11 is -4.23. The van der Waals surface area contributed by atoms with Crippen molar-refractivity contribution in [2.24, 2.45) is 0 Å². The molecule has 0 saturated carbocycles. The van der Waals surface area contributed by atoms with Crippen LogP contribution in [0.15, 0.2) is 0 Å². The molecule has 0 aromatic carbocycles. The van der Waals surface area contributed by atoms with E-state index in [1.165, 1.54) is 113 Å². The zero-order valence-corrected chi connectivity index (χ0v) is 29.7. The van der Waals surface area contributed by atoms with Crippen molar-refractivity contribution in [1.82, 2.24) is 0 Å². The molecule has 0 unspecified atom stereocenters. The van der Waals surface area contributed by atoms with Crippen molar-refractivity contribution < 1.29 is 32.7 Å². The summed E-state index contributed by atoms with van der Waals surface area (Å²) in [6.45, 7) is 19.4. The van der Waals surface area contributed by atoms with Crippen LogP contribution in [-0.2, 0) is 32.7 Å². The third-order valence-electron chi connectivity index (χ3n) is 7.24. The first-order valence-corrected chi connectivity index (χ1v) is 24.7. The zero-order valence-electron chi connectivity index (χ0n) is 25.3. The van der Waals surface area contributed by atoms with Gasteiger partial charge >= 0.3 is 231 Å². The van der Waals surface area contributed by atoms with Gasteiger partial charge in [-0.05, 0) is 0 Å². The average Bonchev–Trinajstić information content (AvgIpc) is 2.86. The molecule has 0 saturated heterocycles. The summed E-state index contributed by atoms with van der Waals surface area (Å²) in [6.07, 6.45) is 14.9. The van der Waals surface area contributed by atoms with Crippen LogP contribution in [0.3, 0.4) is 0 Å². The van der Waals surface area contributed by atoms with Crippen LogP contribution in [0.2, 0.25) is 36.3 Å². The Morgan fingerprint density at radius 3 is 0.800 bits per heavy atom. The molecule has 0 heterocycles. The minimum absolute atomic E-state index is 0.635. The van der Waals surface area contributed by atoms with E-state index in [1.54, 1.807) is 0 Å². The van der Waals surface area contributed by atoms with E-state index in [9.17, 15) is 0 Å². The van der Waals surface area contributed by atoms with Crippen LogP contribution in [0.4, 0.5) is 0 Å². The molecule has 0 atom stereocenters. The van der Waals surface area contributed by atoms with E-state index in [2.05, 4.69) is 55.4 Å². The second kappa shape index (κ2) is 22.0. The zero-order chi connectivity index (χ0) is 26.5. The molecule has 0 aromatic heterocycles. The molecular formula is C28H64O4Si2Zr. The molecule has 0 radical (unpaired) electrons. The molecule has 0 amide bonds.